The van der Waals surface area contributed by atoms with Crippen LogP contribution in [0.3, 0.4) is 0 Å². The zero-order chi connectivity index (χ0) is 14.1. The molecule has 0 radical (unpaired) electrons. The van der Waals surface area contributed by atoms with E-state index in [0.29, 0.717) is 17.4 Å². The van der Waals surface area contributed by atoms with Crippen LogP contribution in [0.5, 0.6) is 0 Å². The van der Waals surface area contributed by atoms with Crippen LogP contribution in [0.2, 0.25) is 5.15 Å². The van der Waals surface area contributed by atoms with Crippen molar-refractivity contribution in [3.63, 3.8) is 0 Å². The molecule has 0 bridgehead atoms. The standard InChI is InChI=1S/C15H20ClN3O/c1-10-17-14(16)12(9-20)15(18-10)19-8-4-6-11-5-2-3-7-13(11)19/h9,11,13H,2-8H2,1H3/t11-,13-/m1/s1. The van der Waals surface area contributed by atoms with Gasteiger partial charge in [0.25, 0.3) is 0 Å². The van der Waals surface area contributed by atoms with Gasteiger partial charge in [-0.05, 0) is 38.5 Å². The van der Waals surface area contributed by atoms with Gasteiger partial charge in [-0.1, -0.05) is 24.4 Å². The summed E-state index contributed by atoms with van der Waals surface area (Å²) >= 11 is 6.12. The number of halogens is 1. The third kappa shape index (κ3) is 2.41. The number of aryl methyl sites for hydroxylation is 1. The van der Waals surface area contributed by atoms with Crippen LogP contribution in [0, 0.1) is 12.8 Å². The molecule has 20 heavy (non-hydrogen) atoms. The second-order valence-electron chi connectivity index (χ2n) is 5.86. The maximum atomic E-state index is 11.4. The van der Waals surface area contributed by atoms with Crippen molar-refractivity contribution < 1.29 is 4.79 Å². The van der Waals surface area contributed by atoms with Gasteiger partial charge in [0.15, 0.2) is 6.29 Å². The van der Waals surface area contributed by atoms with Gasteiger partial charge in [0, 0.05) is 12.6 Å². The smallest absolute Gasteiger partial charge is 0.156 e. The summed E-state index contributed by atoms with van der Waals surface area (Å²) < 4.78 is 0. The summed E-state index contributed by atoms with van der Waals surface area (Å²) in [5.41, 5.74) is 0.448. The summed E-state index contributed by atoms with van der Waals surface area (Å²) in [6.07, 6.45) is 8.36. The Morgan fingerprint density at radius 1 is 1.20 bits per heavy atom. The normalized spacial score (nSPS) is 26.2. The molecule has 1 aliphatic carbocycles. The van der Waals surface area contributed by atoms with Crippen molar-refractivity contribution in [3.05, 3.63) is 16.5 Å². The summed E-state index contributed by atoms with van der Waals surface area (Å²) in [5, 5.41) is 0.278. The Bertz CT molecular complexity index is 518. The number of nitrogens with zero attached hydrogens (tertiary/aromatic N) is 3. The van der Waals surface area contributed by atoms with Crippen LogP contribution in [-0.2, 0) is 0 Å². The van der Waals surface area contributed by atoms with Crippen LogP contribution in [-0.4, -0.2) is 28.8 Å². The van der Waals surface area contributed by atoms with Crippen molar-refractivity contribution in [2.75, 3.05) is 11.4 Å². The van der Waals surface area contributed by atoms with Gasteiger partial charge in [0.05, 0.1) is 5.56 Å². The molecular weight excluding hydrogens is 274 g/mol. The molecule has 0 spiro atoms. The topological polar surface area (TPSA) is 46.1 Å². The van der Waals surface area contributed by atoms with Crippen molar-refractivity contribution >= 4 is 23.7 Å². The average molecular weight is 294 g/mol. The van der Waals surface area contributed by atoms with Gasteiger partial charge < -0.3 is 4.90 Å². The van der Waals surface area contributed by atoms with E-state index in [-0.39, 0.29) is 5.15 Å². The largest absolute Gasteiger partial charge is 0.353 e. The predicted octanol–water partition coefficient (Wildman–Crippen LogP) is 3.41. The Morgan fingerprint density at radius 2 is 1.95 bits per heavy atom. The van der Waals surface area contributed by atoms with Gasteiger partial charge in [-0.3, -0.25) is 4.79 Å². The molecule has 0 amide bonds. The minimum Gasteiger partial charge on any atom is -0.353 e. The van der Waals surface area contributed by atoms with Crippen LogP contribution >= 0.6 is 11.6 Å². The lowest BCUT2D eigenvalue weighted by Crippen LogP contribution is -2.47. The minimum atomic E-state index is 0.278. The highest BCUT2D eigenvalue weighted by molar-refractivity contribution is 6.32. The van der Waals surface area contributed by atoms with E-state index in [1.165, 1.54) is 38.5 Å². The van der Waals surface area contributed by atoms with Crippen molar-refractivity contribution in [1.82, 2.24) is 9.97 Å². The maximum Gasteiger partial charge on any atom is 0.156 e. The highest BCUT2D eigenvalue weighted by Gasteiger charge is 2.35. The number of carbonyl (C=O) groups excluding carboxylic acids is 1. The highest BCUT2D eigenvalue weighted by Crippen LogP contribution is 2.38. The van der Waals surface area contributed by atoms with Gasteiger partial charge in [0.1, 0.15) is 16.8 Å². The van der Waals surface area contributed by atoms with Crippen LogP contribution in [0.25, 0.3) is 0 Å². The third-order valence-electron chi connectivity index (χ3n) is 4.62. The monoisotopic (exact) mass is 293 g/mol. The van der Waals surface area contributed by atoms with E-state index in [9.17, 15) is 4.79 Å². The number of fused-ring (bicyclic) bond motifs is 1. The van der Waals surface area contributed by atoms with Gasteiger partial charge in [0.2, 0.25) is 0 Å². The van der Waals surface area contributed by atoms with Gasteiger partial charge >= 0.3 is 0 Å². The summed E-state index contributed by atoms with van der Waals surface area (Å²) in [6, 6.07) is 0.515. The Balaban J connectivity index is 2.00. The number of hydrogen-bond donors (Lipinski definition) is 0. The third-order valence-corrected chi connectivity index (χ3v) is 4.91. The summed E-state index contributed by atoms with van der Waals surface area (Å²) in [4.78, 5) is 22.3. The van der Waals surface area contributed by atoms with Crippen molar-refractivity contribution in [1.29, 1.82) is 0 Å². The molecule has 0 aromatic carbocycles. The average Bonchev–Trinajstić information content (AvgIpc) is 2.46. The van der Waals surface area contributed by atoms with E-state index in [4.69, 9.17) is 11.6 Å². The van der Waals surface area contributed by atoms with Crippen LogP contribution in [0.15, 0.2) is 0 Å². The van der Waals surface area contributed by atoms with Crippen molar-refractivity contribution in [3.8, 4) is 0 Å². The zero-order valence-electron chi connectivity index (χ0n) is 11.8. The summed E-state index contributed by atoms with van der Waals surface area (Å²) in [6.45, 7) is 2.79. The fourth-order valence-corrected chi connectivity index (χ4v) is 3.99. The van der Waals surface area contributed by atoms with E-state index in [2.05, 4.69) is 14.9 Å². The van der Waals surface area contributed by atoms with Gasteiger partial charge in [-0.15, -0.1) is 0 Å². The number of anilines is 1. The summed E-state index contributed by atoms with van der Waals surface area (Å²) in [5.74, 6) is 2.12. The second-order valence-corrected chi connectivity index (χ2v) is 6.22. The first-order valence-corrected chi connectivity index (χ1v) is 7.84. The highest BCUT2D eigenvalue weighted by atomic mass is 35.5. The Morgan fingerprint density at radius 3 is 2.75 bits per heavy atom. The molecule has 5 heteroatoms. The van der Waals surface area contributed by atoms with Crippen LogP contribution in [0.4, 0.5) is 5.82 Å². The zero-order valence-corrected chi connectivity index (χ0v) is 12.6. The second kappa shape index (κ2) is 5.68. The first-order valence-electron chi connectivity index (χ1n) is 7.46. The van der Waals surface area contributed by atoms with Gasteiger partial charge in [-0.2, -0.15) is 0 Å². The van der Waals surface area contributed by atoms with Gasteiger partial charge in [-0.25, -0.2) is 9.97 Å². The predicted molar refractivity (Wildman–Crippen MR) is 79.5 cm³/mol. The first kappa shape index (κ1) is 13.8. The molecular formula is C15H20ClN3O. The number of carbonyl (C=O) groups is 1. The molecule has 1 aliphatic heterocycles. The first-order chi connectivity index (χ1) is 9.70. The molecule has 2 atom stereocenters. The van der Waals surface area contributed by atoms with Crippen molar-refractivity contribution in [2.24, 2.45) is 5.92 Å². The van der Waals surface area contributed by atoms with E-state index in [1.807, 2.05) is 6.92 Å². The molecule has 0 N–H and O–H groups in total. The van der Waals surface area contributed by atoms with Crippen LogP contribution in [0.1, 0.15) is 54.7 Å². The molecule has 1 aromatic rings. The van der Waals surface area contributed by atoms with E-state index < -0.39 is 0 Å². The fourth-order valence-electron chi connectivity index (χ4n) is 3.74. The Hall–Kier alpha value is -1.16. The fraction of sp³-hybridized carbons (Fsp3) is 0.667. The number of aromatic nitrogens is 2. The lowest BCUT2D eigenvalue weighted by atomic mass is 9.78. The number of aldehydes is 1. The lowest BCUT2D eigenvalue weighted by Gasteiger charge is -2.45. The Labute approximate surface area is 124 Å². The molecule has 2 fully saturated rings. The Kier molecular flexibility index (Phi) is 3.92. The molecule has 4 nitrogen and oxygen atoms in total. The SMILES string of the molecule is Cc1nc(Cl)c(C=O)c(N2CCC[C@H]3CCCC[C@H]32)n1. The van der Waals surface area contributed by atoms with Crippen molar-refractivity contribution in [2.45, 2.75) is 51.5 Å². The number of piperidine rings is 1. The summed E-state index contributed by atoms with van der Waals surface area (Å²) in [7, 11) is 0. The molecule has 1 saturated carbocycles. The molecule has 2 heterocycles. The molecule has 108 valence electrons. The van der Waals surface area contributed by atoms with E-state index >= 15 is 0 Å². The maximum absolute atomic E-state index is 11.4. The molecule has 1 aromatic heterocycles. The molecule has 1 saturated heterocycles. The van der Waals surface area contributed by atoms with E-state index in [1.54, 1.807) is 0 Å². The van der Waals surface area contributed by atoms with Crippen LogP contribution < -0.4 is 4.90 Å². The quantitative estimate of drug-likeness (QED) is 0.619. The van der Waals surface area contributed by atoms with E-state index in [0.717, 1.165) is 24.6 Å². The molecule has 2 aliphatic rings. The number of hydrogen-bond acceptors (Lipinski definition) is 4. The molecule has 0 unspecified atom stereocenters. The molecule has 3 rings (SSSR count). The lowest BCUT2D eigenvalue weighted by molar-refractivity contribution is 0.112. The minimum absolute atomic E-state index is 0.278. The number of rotatable bonds is 2.